The summed E-state index contributed by atoms with van der Waals surface area (Å²) in [6.07, 6.45) is 4.02. The van der Waals surface area contributed by atoms with Crippen LogP contribution in [0, 0.1) is 12.3 Å². The van der Waals surface area contributed by atoms with Crippen molar-refractivity contribution >= 4 is 10.0 Å². The number of halogens is 2. The lowest BCUT2D eigenvalue weighted by Crippen LogP contribution is -2.67. The minimum absolute atomic E-state index is 0.0200. The number of alkyl halides is 2. The minimum atomic E-state index is -3.70. The van der Waals surface area contributed by atoms with E-state index in [1.54, 1.807) is 0 Å². The van der Waals surface area contributed by atoms with Crippen LogP contribution in [0.1, 0.15) is 44.0 Å². The van der Waals surface area contributed by atoms with Crippen LogP contribution in [-0.2, 0) is 20.7 Å². The Kier molecular flexibility index (Phi) is 5.01. The van der Waals surface area contributed by atoms with Gasteiger partial charge in [-0.15, -0.1) is 0 Å². The number of ether oxygens (including phenoxy) is 1. The highest BCUT2D eigenvalue weighted by molar-refractivity contribution is 7.89. The van der Waals surface area contributed by atoms with Gasteiger partial charge in [-0.05, 0) is 44.7 Å². The second kappa shape index (κ2) is 6.97. The third kappa shape index (κ3) is 3.69. The number of hydrogen-bond acceptors (Lipinski definition) is 5. The molecule has 1 aliphatic carbocycles. The topological polar surface area (TPSA) is 71.5 Å². The number of rotatable bonds is 5. The van der Waals surface area contributed by atoms with Crippen molar-refractivity contribution in [3.05, 3.63) is 23.5 Å². The molecule has 0 amide bonds. The van der Waals surface area contributed by atoms with Crippen LogP contribution >= 0.6 is 0 Å². The fraction of sp³-hybridized carbons (Fsp3) is 0.737. The molecule has 0 atom stereocenters. The van der Waals surface area contributed by atoms with Crippen molar-refractivity contribution < 1.29 is 21.9 Å². The van der Waals surface area contributed by atoms with Crippen LogP contribution in [0.5, 0.6) is 0 Å². The van der Waals surface area contributed by atoms with Gasteiger partial charge in [-0.1, -0.05) is 0 Å². The average Bonchev–Trinajstić information content (AvgIpc) is 2.55. The van der Waals surface area contributed by atoms with Crippen LogP contribution in [-0.4, -0.2) is 56.1 Å². The van der Waals surface area contributed by atoms with E-state index in [4.69, 9.17) is 4.74 Å². The Morgan fingerprint density at radius 1 is 1.21 bits per heavy atom. The van der Waals surface area contributed by atoms with Crippen molar-refractivity contribution in [1.82, 2.24) is 14.6 Å². The molecule has 0 unspecified atom stereocenters. The highest BCUT2D eigenvalue weighted by Crippen LogP contribution is 2.50. The zero-order chi connectivity index (χ0) is 20.2. The van der Waals surface area contributed by atoms with Crippen LogP contribution < -0.4 is 5.32 Å². The van der Waals surface area contributed by atoms with Gasteiger partial charge in [0.15, 0.2) is 0 Å². The maximum atomic E-state index is 13.4. The lowest BCUT2D eigenvalue weighted by atomic mass is 9.61. The summed E-state index contributed by atoms with van der Waals surface area (Å²) < 4.78 is 59.5. The van der Waals surface area contributed by atoms with Crippen LogP contribution in [0.4, 0.5) is 8.78 Å². The lowest BCUT2D eigenvalue weighted by molar-refractivity contribution is -0.0414. The standard InChI is InChI=1S/C19H27F2N3O3S/c1-13-16(3-4-17(22-13)18(2,20)21)28(25,26)24-11-19(12-24)9-15(10-19)23-14-5-7-27-8-6-14/h3-4,14-15,23H,5-12H2,1-2H3. The first-order valence-corrected chi connectivity index (χ1v) is 11.2. The second-order valence-electron chi connectivity index (χ2n) is 8.60. The van der Waals surface area contributed by atoms with E-state index in [0.29, 0.717) is 25.2 Å². The van der Waals surface area contributed by atoms with Gasteiger partial charge in [0.1, 0.15) is 10.6 Å². The predicted octanol–water partition coefficient (Wildman–Crippen LogP) is 2.42. The van der Waals surface area contributed by atoms with Crippen molar-refractivity contribution in [3.8, 4) is 0 Å². The van der Waals surface area contributed by atoms with E-state index in [1.807, 2.05) is 0 Å². The highest BCUT2D eigenvalue weighted by atomic mass is 32.2. The molecule has 3 heterocycles. The zero-order valence-electron chi connectivity index (χ0n) is 16.2. The van der Waals surface area contributed by atoms with Crippen LogP contribution in [0.3, 0.4) is 0 Å². The fourth-order valence-corrected chi connectivity index (χ4v) is 6.46. The number of nitrogens with zero attached hydrogens (tertiary/aromatic N) is 2. The van der Waals surface area contributed by atoms with E-state index >= 15 is 0 Å². The van der Waals surface area contributed by atoms with E-state index in [1.165, 1.54) is 17.3 Å². The Morgan fingerprint density at radius 2 is 1.86 bits per heavy atom. The molecule has 0 bridgehead atoms. The van der Waals surface area contributed by atoms with Gasteiger partial charge >= 0.3 is 0 Å². The number of hydrogen-bond donors (Lipinski definition) is 1. The maximum Gasteiger partial charge on any atom is 0.286 e. The van der Waals surface area contributed by atoms with Gasteiger partial charge in [0.05, 0.1) is 5.69 Å². The van der Waals surface area contributed by atoms with Gasteiger partial charge in [-0.25, -0.2) is 8.42 Å². The number of pyridine rings is 1. The lowest BCUT2D eigenvalue weighted by Gasteiger charge is -2.59. The van der Waals surface area contributed by atoms with Crippen molar-refractivity contribution in [2.75, 3.05) is 26.3 Å². The molecule has 2 aliphatic heterocycles. The molecule has 3 fully saturated rings. The Bertz CT molecular complexity index is 836. The molecule has 1 N–H and O–H groups in total. The summed E-state index contributed by atoms with van der Waals surface area (Å²) in [4.78, 5) is 3.84. The summed E-state index contributed by atoms with van der Waals surface area (Å²) in [5.74, 6) is -3.09. The second-order valence-corrected chi connectivity index (χ2v) is 10.5. The molecular formula is C19H27F2N3O3S. The SMILES string of the molecule is Cc1nc(C(C)(F)F)ccc1S(=O)(=O)N1CC2(CC(NC3CCOCC3)C2)C1. The van der Waals surface area contributed by atoms with Gasteiger partial charge in [0.2, 0.25) is 10.0 Å². The van der Waals surface area contributed by atoms with E-state index in [9.17, 15) is 17.2 Å². The van der Waals surface area contributed by atoms with Crippen LogP contribution in [0.2, 0.25) is 0 Å². The summed E-state index contributed by atoms with van der Waals surface area (Å²) in [6.45, 7) is 4.81. The minimum Gasteiger partial charge on any atom is -0.381 e. The molecule has 0 aromatic carbocycles. The molecule has 1 spiro atoms. The van der Waals surface area contributed by atoms with Crippen molar-refractivity contribution in [2.45, 2.75) is 62.4 Å². The monoisotopic (exact) mass is 415 g/mol. The zero-order valence-corrected chi connectivity index (χ0v) is 17.1. The van der Waals surface area contributed by atoms with Crippen molar-refractivity contribution in [1.29, 1.82) is 0 Å². The summed E-state index contributed by atoms with van der Waals surface area (Å²) in [6, 6.07) is 3.31. The van der Waals surface area contributed by atoms with Crippen molar-refractivity contribution in [3.63, 3.8) is 0 Å². The van der Waals surface area contributed by atoms with Gasteiger partial charge in [-0.3, -0.25) is 4.98 Å². The van der Waals surface area contributed by atoms with Gasteiger partial charge in [-0.2, -0.15) is 13.1 Å². The predicted molar refractivity (Wildman–Crippen MR) is 99.7 cm³/mol. The summed E-state index contributed by atoms with van der Waals surface area (Å²) >= 11 is 0. The molecule has 2 saturated heterocycles. The Balaban J connectivity index is 1.35. The molecule has 1 aromatic heterocycles. The highest BCUT2D eigenvalue weighted by Gasteiger charge is 2.56. The van der Waals surface area contributed by atoms with E-state index in [0.717, 1.165) is 51.9 Å². The quantitative estimate of drug-likeness (QED) is 0.800. The Hall–Kier alpha value is -1.16. The van der Waals surface area contributed by atoms with Gasteiger partial charge in [0, 0.05) is 50.7 Å². The van der Waals surface area contributed by atoms with Crippen molar-refractivity contribution in [2.24, 2.45) is 5.41 Å². The van der Waals surface area contributed by atoms with E-state index < -0.39 is 21.6 Å². The van der Waals surface area contributed by atoms with Gasteiger partial charge in [0.25, 0.3) is 5.92 Å². The summed E-state index contributed by atoms with van der Waals surface area (Å²) in [5.41, 5.74) is -0.231. The molecule has 1 aromatic rings. The fourth-order valence-electron chi connectivity index (χ4n) is 4.64. The number of nitrogens with one attached hydrogen (secondary N) is 1. The summed E-state index contributed by atoms with van der Waals surface area (Å²) in [5, 5.41) is 3.66. The molecule has 6 nitrogen and oxygen atoms in total. The number of sulfonamides is 1. The molecule has 1 saturated carbocycles. The Labute approximate surface area is 164 Å². The Morgan fingerprint density at radius 3 is 2.43 bits per heavy atom. The van der Waals surface area contributed by atoms with Gasteiger partial charge < -0.3 is 10.1 Å². The number of aryl methyl sites for hydroxylation is 1. The first-order chi connectivity index (χ1) is 13.1. The average molecular weight is 416 g/mol. The molecule has 4 rings (SSSR count). The number of aromatic nitrogens is 1. The normalized spacial score (nSPS) is 24.1. The molecule has 156 valence electrons. The maximum absolute atomic E-state index is 13.4. The molecular weight excluding hydrogens is 388 g/mol. The van der Waals surface area contributed by atoms with Crippen LogP contribution in [0.15, 0.2) is 17.0 Å². The molecule has 28 heavy (non-hydrogen) atoms. The van der Waals surface area contributed by atoms with Crippen LogP contribution in [0.25, 0.3) is 0 Å². The first kappa shape index (κ1) is 20.1. The largest absolute Gasteiger partial charge is 0.381 e. The van der Waals surface area contributed by atoms with E-state index in [2.05, 4.69) is 10.3 Å². The molecule has 3 aliphatic rings. The molecule has 0 radical (unpaired) electrons. The molecule has 9 heteroatoms. The summed E-state index contributed by atoms with van der Waals surface area (Å²) in [7, 11) is -3.70. The van der Waals surface area contributed by atoms with E-state index in [-0.39, 0.29) is 16.0 Å². The smallest absolute Gasteiger partial charge is 0.286 e. The third-order valence-corrected chi connectivity index (χ3v) is 8.11. The third-order valence-electron chi connectivity index (χ3n) is 6.18. The first-order valence-electron chi connectivity index (χ1n) is 9.79.